The summed E-state index contributed by atoms with van der Waals surface area (Å²) in [4.78, 5) is 19.3. The van der Waals surface area contributed by atoms with Gasteiger partial charge in [-0.25, -0.2) is 0 Å². The summed E-state index contributed by atoms with van der Waals surface area (Å²) in [5.74, 6) is 0.166. The van der Waals surface area contributed by atoms with Crippen LogP contribution >= 0.6 is 23.2 Å². The first-order valence-corrected chi connectivity index (χ1v) is 11.7. The van der Waals surface area contributed by atoms with Crippen LogP contribution in [0.3, 0.4) is 0 Å². The number of piperidine rings is 1. The fourth-order valence-corrected chi connectivity index (χ4v) is 5.25. The minimum Gasteiger partial charge on any atom is -0.342 e. The van der Waals surface area contributed by atoms with Crippen LogP contribution in [0.2, 0.25) is 10.0 Å². The molecule has 6 heteroatoms. The first-order chi connectivity index (χ1) is 13.8. The van der Waals surface area contributed by atoms with Crippen LogP contribution in [-0.2, 0) is 10.2 Å². The van der Waals surface area contributed by atoms with Gasteiger partial charge in [0.1, 0.15) is 0 Å². The number of nitrogens with zero attached hydrogens (tertiary/aromatic N) is 3. The molecule has 2 heterocycles. The highest BCUT2D eigenvalue weighted by Gasteiger charge is 2.38. The van der Waals surface area contributed by atoms with Crippen molar-refractivity contribution in [2.45, 2.75) is 57.9 Å². The number of carbonyl (C=O) groups excluding carboxylic acids is 1. The summed E-state index contributed by atoms with van der Waals surface area (Å²) >= 11 is 12.5. The first-order valence-electron chi connectivity index (χ1n) is 11.0. The Labute approximate surface area is 186 Å². The van der Waals surface area contributed by atoms with E-state index in [-0.39, 0.29) is 11.3 Å². The normalized spacial score (nSPS) is 24.3. The first kappa shape index (κ1) is 22.9. The van der Waals surface area contributed by atoms with Gasteiger partial charge in [0.25, 0.3) is 0 Å². The number of hydrogen-bond acceptors (Lipinski definition) is 3. The van der Waals surface area contributed by atoms with E-state index in [1.54, 1.807) is 6.92 Å². The number of piperazine rings is 1. The van der Waals surface area contributed by atoms with E-state index in [4.69, 9.17) is 23.2 Å². The van der Waals surface area contributed by atoms with Crippen LogP contribution in [0.5, 0.6) is 0 Å². The lowest BCUT2D eigenvalue weighted by Gasteiger charge is -2.44. The molecule has 1 aromatic rings. The van der Waals surface area contributed by atoms with Crippen molar-refractivity contribution in [1.82, 2.24) is 14.7 Å². The minimum absolute atomic E-state index is 0.0299. The molecule has 1 atom stereocenters. The molecule has 2 aliphatic rings. The molecule has 1 amide bonds. The molecular weight excluding hydrogens is 405 g/mol. The number of halogens is 2. The second-order valence-corrected chi connectivity index (χ2v) is 9.84. The van der Waals surface area contributed by atoms with Crippen LogP contribution in [0.1, 0.15) is 52.0 Å². The van der Waals surface area contributed by atoms with Crippen molar-refractivity contribution >= 4 is 29.1 Å². The lowest BCUT2D eigenvalue weighted by atomic mass is 9.71. The van der Waals surface area contributed by atoms with E-state index < -0.39 is 0 Å². The van der Waals surface area contributed by atoms with E-state index >= 15 is 0 Å². The molecule has 162 valence electrons. The average molecular weight is 440 g/mol. The van der Waals surface area contributed by atoms with Crippen LogP contribution in [0.25, 0.3) is 0 Å². The predicted octanol–water partition coefficient (Wildman–Crippen LogP) is 4.68. The maximum absolute atomic E-state index is 12.1. The highest BCUT2D eigenvalue weighted by molar-refractivity contribution is 6.42. The van der Waals surface area contributed by atoms with Crippen LogP contribution in [0, 0.1) is 0 Å². The zero-order valence-electron chi connectivity index (χ0n) is 18.1. The molecule has 2 saturated heterocycles. The second-order valence-electron chi connectivity index (χ2n) is 9.03. The van der Waals surface area contributed by atoms with Gasteiger partial charge in [0, 0.05) is 57.6 Å². The molecule has 1 unspecified atom stereocenters. The zero-order valence-corrected chi connectivity index (χ0v) is 19.6. The second kappa shape index (κ2) is 10.00. The fourth-order valence-electron chi connectivity index (χ4n) is 4.95. The van der Waals surface area contributed by atoms with Gasteiger partial charge in [-0.2, -0.15) is 0 Å². The molecule has 0 saturated carbocycles. The van der Waals surface area contributed by atoms with E-state index in [9.17, 15) is 4.79 Å². The monoisotopic (exact) mass is 439 g/mol. The molecule has 0 radical (unpaired) electrons. The number of amides is 1. The van der Waals surface area contributed by atoms with E-state index in [2.05, 4.69) is 29.7 Å². The third-order valence-electron chi connectivity index (χ3n) is 6.82. The lowest BCUT2D eigenvalue weighted by molar-refractivity contribution is -0.131. The Morgan fingerprint density at radius 2 is 1.83 bits per heavy atom. The smallest absolute Gasteiger partial charge is 0.219 e. The van der Waals surface area contributed by atoms with Gasteiger partial charge in [-0.3, -0.25) is 9.69 Å². The van der Waals surface area contributed by atoms with Crippen molar-refractivity contribution in [1.29, 1.82) is 0 Å². The Morgan fingerprint density at radius 3 is 2.45 bits per heavy atom. The third kappa shape index (κ3) is 5.66. The zero-order chi connectivity index (χ0) is 21.0. The van der Waals surface area contributed by atoms with Crippen LogP contribution < -0.4 is 0 Å². The molecule has 2 fully saturated rings. The van der Waals surface area contributed by atoms with Crippen molar-refractivity contribution < 1.29 is 4.79 Å². The SMILES string of the molecule is CC(=O)N1CCCC(CCCN2CCN(C(C)C)CC2)(c2ccc(Cl)c(Cl)c2)C1. The molecule has 1 aromatic carbocycles. The molecule has 2 aliphatic heterocycles. The van der Waals surface area contributed by atoms with E-state index in [0.717, 1.165) is 71.5 Å². The third-order valence-corrected chi connectivity index (χ3v) is 7.56. The number of rotatable bonds is 6. The van der Waals surface area contributed by atoms with Gasteiger partial charge in [-0.15, -0.1) is 0 Å². The Hall–Kier alpha value is -0.810. The molecule has 0 aromatic heterocycles. The van der Waals surface area contributed by atoms with Crippen LogP contribution in [0.15, 0.2) is 18.2 Å². The molecule has 0 aliphatic carbocycles. The van der Waals surface area contributed by atoms with E-state index in [1.165, 1.54) is 5.56 Å². The summed E-state index contributed by atoms with van der Waals surface area (Å²) in [7, 11) is 0. The summed E-state index contributed by atoms with van der Waals surface area (Å²) in [6.07, 6.45) is 4.33. The Morgan fingerprint density at radius 1 is 1.10 bits per heavy atom. The van der Waals surface area contributed by atoms with Crippen LogP contribution in [-0.4, -0.2) is 72.5 Å². The van der Waals surface area contributed by atoms with Gasteiger partial charge in [-0.1, -0.05) is 29.3 Å². The van der Waals surface area contributed by atoms with Crippen molar-refractivity contribution in [3.63, 3.8) is 0 Å². The van der Waals surface area contributed by atoms with Gasteiger partial charge in [0.2, 0.25) is 5.91 Å². The molecule has 3 rings (SSSR count). The number of carbonyl (C=O) groups is 1. The summed E-state index contributed by atoms with van der Waals surface area (Å²) in [6, 6.07) is 6.67. The van der Waals surface area contributed by atoms with Crippen molar-refractivity contribution in [2.75, 3.05) is 45.8 Å². The molecule has 0 N–H and O–H groups in total. The highest BCUT2D eigenvalue weighted by atomic mass is 35.5. The summed E-state index contributed by atoms with van der Waals surface area (Å²) in [6.45, 7) is 13.6. The summed E-state index contributed by atoms with van der Waals surface area (Å²) < 4.78 is 0. The Bertz CT molecular complexity index is 703. The quantitative estimate of drug-likeness (QED) is 0.643. The molecule has 4 nitrogen and oxygen atoms in total. The number of likely N-dealkylation sites (tertiary alicyclic amines) is 1. The number of benzene rings is 1. The summed E-state index contributed by atoms with van der Waals surface area (Å²) in [5, 5.41) is 1.20. The number of hydrogen-bond donors (Lipinski definition) is 0. The predicted molar refractivity (Wildman–Crippen MR) is 122 cm³/mol. The van der Waals surface area contributed by atoms with Gasteiger partial charge < -0.3 is 9.80 Å². The van der Waals surface area contributed by atoms with Crippen molar-refractivity contribution in [2.24, 2.45) is 0 Å². The lowest BCUT2D eigenvalue weighted by Crippen LogP contribution is -2.50. The van der Waals surface area contributed by atoms with Gasteiger partial charge in [0.05, 0.1) is 10.0 Å². The average Bonchev–Trinajstić information content (AvgIpc) is 2.70. The highest BCUT2D eigenvalue weighted by Crippen LogP contribution is 2.40. The minimum atomic E-state index is -0.0299. The largest absolute Gasteiger partial charge is 0.342 e. The van der Waals surface area contributed by atoms with E-state index in [1.807, 2.05) is 17.0 Å². The summed E-state index contributed by atoms with van der Waals surface area (Å²) in [5.41, 5.74) is 1.19. The molecule has 0 spiro atoms. The Kier molecular flexibility index (Phi) is 7.88. The van der Waals surface area contributed by atoms with E-state index in [0.29, 0.717) is 16.1 Å². The molecular formula is C23H35Cl2N3O. The molecule has 29 heavy (non-hydrogen) atoms. The fraction of sp³-hybridized carbons (Fsp3) is 0.696. The van der Waals surface area contributed by atoms with Gasteiger partial charge in [0.15, 0.2) is 0 Å². The van der Waals surface area contributed by atoms with Crippen molar-refractivity contribution in [3.8, 4) is 0 Å². The van der Waals surface area contributed by atoms with Gasteiger partial charge >= 0.3 is 0 Å². The molecule has 0 bridgehead atoms. The van der Waals surface area contributed by atoms with Gasteiger partial charge in [-0.05, 0) is 63.8 Å². The van der Waals surface area contributed by atoms with Crippen LogP contribution in [0.4, 0.5) is 0 Å². The maximum atomic E-state index is 12.1. The Balaban J connectivity index is 1.67. The van der Waals surface area contributed by atoms with Crippen molar-refractivity contribution in [3.05, 3.63) is 33.8 Å². The standard InChI is InChI=1S/C23H35Cl2N3O/c1-18(2)27-14-12-26(13-15-27)10-4-8-23(9-5-11-28(17-23)19(3)29)20-6-7-21(24)22(25)16-20/h6-7,16,18H,4-5,8-15,17H2,1-3H3. The topological polar surface area (TPSA) is 26.8 Å². The maximum Gasteiger partial charge on any atom is 0.219 e.